The quantitative estimate of drug-likeness (QED) is 0.226. The van der Waals surface area contributed by atoms with Crippen molar-refractivity contribution in [1.82, 2.24) is 0 Å². The SMILES string of the molecule is O=S(=O)(c1ccc(F)c(F)c1CI)c1ccc(F)c(F)c1CI. The molecule has 23 heavy (non-hydrogen) atoms. The van der Waals surface area contributed by atoms with E-state index in [9.17, 15) is 26.0 Å². The van der Waals surface area contributed by atoms with Crippen molar-refractivity contribution in [3.05, 3.63) is 58.7 Å². The van der Waals surface area contributed by atoms with Crippen LogP contribution in [0.2, 0.25) is 0 Å². The maximum absolute atomic E-state index is 13.9. The first-order chi connectivity index (χ1) is 10.8. The molecular formula is C14H8F4I2O2S. The Bertz CT molecular complexity index is 804. The van der Waals surface area contributed by atoms with Crippen LogP contribution in [0.15, 0.2) is 34.1 Å². The lowest BCUT2D eigenvalue weighted by atomic mass is 10.2. The topological polar surface area (TPSA) is 34.1 Å². The number of rotatable bonds is 4. The summed E-state index contributed by atoms with van der Waals surface area (Å²) in [4.78, 5) is -0.911. The van der Waals surface area contributed by atoms with Crippen LogP contribution in [0, 0.1) is 23.3 Å². The van der Waals surface area contributed by atoms with Crippen LogP contribution in [0.4, 0.5) is 17.6 Å². The van der Waals surface area contributed by atoms with Gasteiger partial charge in [-0.3, -0.25) is 0 Å². The van der Waals surface area contributed by atoms with Gasteiger partial charge in [0, 0.05) is 20.0 Å². The summed E-state index contributed by atoms with van der Waals surface area (Å²) >= 11 is 3.41. The molecular weight excluding hydrogens is 562 g/mol. The minimum Gasteiger partial charge on any atom is -0.218 e. The number of sulfone groups is 1. The highest BCUT2D eigenvalue weighted by atomic mass is 127. The molecule has 0 heterocycles. The van der Waals surface area contributed by atoms with Crippen LogP contribution in [-0.2, 0) is 18.7 Å². The Balaban J connectivity index is 2.80. The minimum atomic E-state index is -4.33. The highest BCUT2D eigenvalue weighted by Gasteiger charge is 2.28. The highest BCUT2D eigenvalue weighted by molar-refractivity contribution is 14.1. The van der Waals surface area contributed by atoms with Crippen molar-refractivity contribution in [3.63, 3.8) is 0 Å². The molecule has 0 unspecified atom stereocenters. The number of benzene rings is 2. The summed E-state index contributed by atoms with van der Waals surface area (Å²) in [5.41, 5.74) is -0.676. The van der Waals surface area contributed by atoms with E-state index < -0.39 is 42.9 Å². The van der Waals surface area contributed by atoms with Crippen LogP contribution >= 0.6 is 45.2 Å². The maximum Gasteiger partial charge on any atom is 0.207 e. The second kappa shape index (κ2) is 7.21. The number of hydrogen-bond acceptors (Lipinski definition) is 2. The van der Waals surface area contributed by atoms with Gasteiger partial charge in [0.15, 0.2) is 23.3 Å². The Labute approximate surface area is 157 Å². The lowest BCUT2D eigenvalue weighted by molar-refractivity contribution is 0.495. The molecule has 124 valence electrons. The van der Waals surface area contributed by atoms with Crippen molar-refractivity contribution in [3.8, 4) is 0 Å². The summed E-state index contributed by atoms with van der Waals surface area (Å²) in [6, 6.07) is 3.25. The number of alkyl halides is 2. The number of halogens is 6. The van der Waals surface area contributed by atoms with Crippen molar-refractivity contribution in [2.75, 3.05) is 0 Å². The molecule has 0 amide bonds. The van der Waals surface area contributed by atoms with Crippen molar-refractivity contribution < 1.29 is 26.0 Å². The Hall–Kier alpha value is -0.430. The normalized spacial score (nSPS) is 11.7. The van der Waals surface area contributed by atoms with E-state index in [1.165, 1.54) is 0 Å². The molecule has 0 atom stereocenters. The molecule has 0 aliphatic rings. The van der Waals surface area contributed by atoms with E-state index in [4.69, 9.17) is 0 Å². The standard InChI is InChI=1S/C14H8F4I2O2S/c15-9-1-3-11(7(5-19)13(9)17)23(21,22)12-4-2-10(16)14(18)8(12)6-20/h1-4H,5-6H2. The first kappa shape index (κ1) is 18.9. The zero-order chi connectivity index (χ0) is 17.4. The Morgan fingerprint density at radius 2 is 1.09 bits per heavy atom. The van der Waals surface area contributed by atoms with E-state index >= 15 is 0 Å². The lowest BCUT2D eigenvalue weighted by Crippen LogP contribution is -2.11. The molecule has 0 N–H and O–H groups in total. The van der Waals surface area contributed by atoms with E-state index in [1.807, 2.05) is 0 Å². The van der Waals surface area contributed by atoms with E-state index in [-0.39, 0.29) is 20.0 Å². The molecule has 9 heteroatoms. The molecule has 0 saturated heterocycles. The largest absolute Gasteiger partial charge is 0.218 e. The van der Waals surface area contributed by atoms with Gasteiger partial charge in [-0.2, -0.15) is 0 Å². The fourth-order valence-electron chi connectivity index (χ4n) is 2.02. The van der Waals surface area contributed by atoms with Gasteiger partial charge in [0.25, 0.3) is 0 Å². The van der Waals surface area contributed by atoms with Crippen LogP contribution in [0.25, 0.3) is 0 Å². The van der Waals surface area contributed by atoms with Gasteiger partial charge in [-0.25, -0.2) is 26.0 Å². The molecule has 0 aliphatic carbocycles. The van der Waals surface area contributed by atoms with E-state index in [0.29, 0.717) is 12.1 Å². The fraction of sp³-hybridized carbons (Fsp3) is 0.143. The van der Waals surface area contributed by atoms with Gasteiger partial charge in [-0.05, 0) is 24.3 Å². The zero-order valence-corrected chi connectivity index (χ0v) is 16.3. The van der Waals surface area contributed by atoms with Gasteiger partial charge in [-0.15, -0.1) is 0 Å². The first-order valence-electron chi connectivity index (χ1n) is 6.06. The van der Waals surface area contributed by atoms with Gasteiger partial charge in [-0.1, -0.05) is 45.2 Å². The summed E-state index contributed by atoms with van der Waals surface area (Å²) in [6.45, 7) is 0. The molecule has 2 aromatic carbocycles. The van der Waals surface area contributed by atoms with Crippen LogP contribution in [0.3, 0.4) is 0 Å². The van der Waals surface area contributed by atoms with Gasteiger partial charge >= 0.3 is 0 Å². The number of hydrogen-bond donors (Lipinski definition) is 0. The van der Waals surface area contributed by atoms with Crippen molar-refractivity contribution in [1.29, 1.82) is 0 Å². The second-order valence-electron chi connectivity index (χ2n) is 4.45. The van der Waals surface area contributed by atoms with Gasteiger partial charge in [0.05, 0.1) is 9.79 Å². The van der Waals surface area contributed by atoms with Crippen molar-refractivity contribution in [2.45, 2.75) is 18.6 Å². The predicted molar refractivity (Wildman–Crippen MR) is 93.6 cm³/mol. The van der Waals surface area contributed by atoms with E-state index in [0.717, 1.165) is 12.1 Å². The maximum atomic E-state index is 13.9. The minimum absolute atomic E-state index is 0.0981. The molecule has 0 saturated carbocycles. The average molecular weight is 570 g/mol. The molecule has 2 aromatic rings. The van der Waals surface area contributed by atoms with Gasteiger partial charge < -0.3 is 0 Å². The third-order valence-electron chi connectivity index (χ3n) is 3.15. The third kappa shape index (κ3) is 3.36. The molecule has 0 spiro atoms. The lowest BCUT2D eigenvalue weighted by Gasteiger charge is -2.13. The molecule has 0 fully saturated rings. The van der Waals surface area contributed by atoms with Crippen LogP contribution in [-0.4, -0.2) is 8.42 Å². The zero-order valence-electron chi connectivity index (χ0n) is 11.2. The van der Waals surface area contributed by atoms with E-state index in [2.05, 4.69) is 0 Å². The van der Waals surface area contributed by atoms with Crippen LogP contribution < -0.4 is 0 Å². The van der Waals surface area contributed by atoms with Crippen molar-refractivity contribution >= 4 is 55.0 Å². The molecule has 0 aromatic heterocycles. The van der Waals surface area contributed by atoms with Crippen LogP contribution in [0.5, 0.6) is 0 Å². The van der Waals surface area contributed by atoms with E-state index in [1.54, 1.807) is 45.2 Å². The molecule has 0 aliphatic heterocycles. The second-order valence-corrected chi connectivity index (χ2v) is 7.86. The summed E-state index contributed by atoms with van der Waals surface area (Å²) in [5.74, 6) is -4.87. The summed E-state index contributed by atoms with van der Waals surface area (Å²) in [6.07, 6.45) is 0. The predicted octanol–water partition coefficient (Wildman–Crippen LogP) is 4.95. The Kier molecular flexibility index (Phi) is 5.93. The summed E-state index contributed by atoms with van der Waals surface area (Å²) < 4.78 is 79.6. The monoisotopic (exact) mass is 570 g/mol. The average Bonchev–Trinajstić information content (AvgIpc) is 2.51. The highest BCUT2D eigenvalue weighted by Crippen LogP contribution is 2.32. The first-order valence-corrected chi connectivity index (χ1v) is 10.6. The third-order valence-corrected chi connectivity index (χ3v) is 6.60. The Morgan fingerprint density at radius 3 is 1.39 bits per heavy atom. The van der Waals surface area contributed by atoms with Crippen LogP contribution in [0.1, 0.15) is 11.1 Å². The van der Waals surface area contributed by atoms with Crippen molar-refractivity contribution in [2.24, 2.45) is 0 Å². The Morgan fingerprint density at radius 1 is 0.739 bits per heavy atom. The van der Waals surface area contributed by atoms with Gasteiger partial charge in [0.1, 0.15) is 0 Å². The molecule has 0 radical (unpaired) electrons. The fourth-order valence-corrected chi connectivity index (χ4v) is 5.73. The summed E-state index contributed by atoms with van der Waals surface area (Å²) in [7, 11) is -4.33. The smallest absolute Gasteiger partial charge is 0.207 e. The molecule has 0 bridgehead atoms. The summed E-state index contributed by atoms with van der Waals surface area (Å²) in [5, 5.41) is 0. The molecule has 2 rings (SSSR count). The van der Waals surface area contributed by atoms with Gasteiger partial charge in [0.2, 0.25) is 9.84 Å². The molecule has 2 nitrogen and oxygen atoms in total.